The molecule has 1 aromatic carbocycles. The number of carbonyl (C=O) groups is 1. The molecule has 132 valence electrons. The molecule has 0 radical (unpaired) electrons. The van der Waals surface area contributed by atoms with E-state index in [-0.39, 0.29) is 11.5 Å². The van der Waals surface area contributed by atoms with E-state index >= 15 is 0 Å². The molecule has 24 heavy (non-hydrogen) atoms. The molecule has 3 heteroatoms. The molecular formula is C21H31NO2. The van der Waals surface area contributed by atoms with E-state index in [9.17, 15) is 9.90 Å². The number of hydrogen-bond donors (Lipinski definition) is 2. The Bertz CT molecular complexity index is 589. The predicted molar refractivity (Wildman–Crippen MR) is 99.0 cm³/mol. The standard InChI is InChI=1S/C21H31NO2/c1-14(2)10-21(11-15(3)4)12-18(19(13-22-21)20(23)24)17-8-6-16(5)7-9-17/h6-9,13-15,18,22H,10-12H2,1-5H3,(H,23,24). The van der Waals surface area contributed by atoms with Gasteiger partial charge in [-0.1, -0.05) is 57.5 Å². The van der Waals surface area contributed by atoms with Crippen molar-refractivity contribution in [2.45, 2.75) is 65.3 Å². The molecule has 0 aliphatic carbocycles. The van der Waals surface area contributed by atoms with Gasteiger partial charge in [-0.15, -0.1) is 0 Å². The third-order valence-corrected chi connectivity index (χ3v) is 4.83. The number of hydrogen-bond acceptors (Lipinski definition) is 2. The minimum Gasteiger partial charge on any atom is -0.478 e. The molecule has 1 heterocycles. The lowest BCUT2D eigenvalue weighted by Crippen LogP contribution is -2.49. The van der Waals surface area contributed by atoms with Crippen molar-refractivity contribution in [1.29, 1.82) is 0 Å². The van der Waals surface area contributed by atoms with Crippen molar-refractivity contribution in [3.63, 3.8) is 0 Å². The molecule has 0 saturated carbocycles. The van der Waals surface area contributed by atoms with E-state index < -0.39 is 5.97 Å². The number of rotatable bonds is 6. The van der Waals surface area contributed by atoms with Crippen molar-refractivity contribution >= 4 is 5.97 Å². The summed E-state index contributed by atoms with van der Waals surface area (Å²) in [5.74, 6) is 0.252. The first-order chi connectivity index (χ1) is 11.2. The van der Waals surface area contributed by atoms with Crippen molar-refractivity contribution in [3.8, 4) is 0 Å². The van der Waals surface area contributed by atoms with E-state index in [1.807, 2.05) is 0 Å². The maximum atomic E-state index is 11.8. The summed E-state index contributed by atoms with van der Waals surface area (Å²) >= 11 is 0. The molecule has 2 N–H and O–H groups in total. The first kappa shape index (κ1) is 18.6. The average molecular weight is 329 g/mol. The number of carboxylic acid groups (broad SMARTS) is 1. The van der Waals surface area contributed by atoms with Gasteiger partial charge in [0.05, 0.1) is 5.57 Å². The molecule has 0 amide bonds. The monoisotopic (exact) mass is 329 g/mol. The Labute approximate surface area is 146 Å². The first-order valence-electron chi connectivity index (χ1n) is 9.00. The highest BCUT2D eigenvalue weighted by Gasteiger charge is 2.40. The van der Waals surface area contributed by atoms with Crippen LogP contribution in [-0.4, -0.2) is 16.6 Å². The Morgan fingerprint density at radius 1 is 1.17 bits per heavy atom. The second-order valence-electron chi connectivity index (χ2n) is 8.19. The van der Waals surface area contributed by atoms with Crippen molar-refractivity contribution in [1.82, 2.24) is 5.32 Å². The molecule has 1 aromatic rings. The van der Waals surface area contributed by atoms with Gasteiger partial charge in [0.15, 0.2) is 0 Å². The average Bonchev–Trinajstić information content (AvgIpc) is 2.45. The summed E-state index contributed by atoms with van der Waals surface area (Å²) in [5, 5.41) is 13.1. The second-order valence-corrected chi connectivity index (χ2v) is 8.19. The molecule has 0 bridgehead atoms. The highest BCUT2D eigenvalue weighted by molar-refractivity contribution is 5.88. The number of benzene rings is 1. The zero-order valence-corrected chi connectivity index (χ0v) is 15.6. The smallest absolute Gasteiger partial charge is 0.333 e. The van der Waals surface area contributed by atoms with E-state index in [1.54, 1.807) is 6.20 Å². The van der Waals surface area contributed by atoms with Crippen LogP contribution in [0.25, 0.3) is 0 Å². The van der Waals surface area contributed by atoms with Crippen molar-refractivity contribution < 1.29 is 9.90 Å². The van der Waals surface area contributed by atoms with Crippen LogP contribution in [0.1, 0.15) is 64.0 Å². The molecule has 2 rings (SSSR count). The summed E-state index contributed by atoms with van der Waals surface area (Å²) in [6.07, 6.45) is 4.71. The number of aryl methyl sites for hydroxylation is 1. The molecule has 1 unspecified atom stereocenters. The largest absolute Gasteiger partial charge is 0.478 e. The molecule has 1 atom stereocenters. The van der Waals surface area contributed by atoms with Gasteiger partial charge in [0.25, 0.3) is 0 Å². The van der Waals surface area contributed by atoms with Crippen LogP contribution in [0.15, 0.2) is 36.0 Å². The van der Waals surface area contributed by atoms with Gasteiger partial charge in [0.1, 0.15) is 0 Å². The van der Waals surface area contributed by atoms with Gasteiger partial charge in [-0.25, -0.2) is 4.79 Å². The van der Waals surface area contributed by atoms with Crippen LogP contribution in [0, 0.1) is 18.8 Å². The lowest BCUT2D eigenvalue weighted by Gasteiger charge is -2.43. The van der Waals surface area contributed by atoms with E-state index in [2.05, 4.69) is 64.2 Å². The number of carboxylic acids is 1. The molecule has 0 fully saturated rings. The van der Waals surface area contributed by atoms with E-state index in [1.165, 1.54) is 5.56 Å². The molecule has 1 aliphatic heterocycles. The van der Waals surface area contributed by atoms with Crippen LogP contribution in [-0.2, 0) is 4.79 Å². The fourth-order valence-electron chi connectivity index (χ4n) is 4.13. The minimum absolute atomic E-state index is 0.0309. The Morgan fingerprint density at radius 2 is 1.71 bits per heavy atom. The van der Waals surface area contributed by atoms with E-state index in [4.69, 9.17) is 0 Å². The third kappa shape index (κ3) is 4.40. The Balaban J connectivity index is 2.41. The number of aliphatic carboxylic acids is 1. The van der Waals surface area contributed by atoms with Gasteiger partial charge in [-0.2, -0.15) is 0 Å². The van der Waals surface area contributed by atoms with Crippen LogP contribution < -0.4 is 5.32 Å². The normalized spacial score (nSPS) is 20.0. The van der Waals surface area contributed by atoms with Crippen LogP contribution in [0.2, 0.25) is 0 Å². The highest BCUT2D eigenvalue weighted by Crippen LogP contribution is 2.41. The molecular weight excluding hydrogens is 298 g/mol. The zero-order chi connectivity index (χ0) is 17.9. The Morgan fingerprint density at radius 3 is 2.17 bits per heavy atom. The van der Waals surface area contributed by atoms with Gasteiger partial charge >= 0.3 is 5.97 Å². The number of nitrogens with one attached hydrogen (secondary N) is 1. The molecule has 1 aliphatic rings. The molecule has 0 saturated heterocycles. The minimum atomic E-state index is -0.823. The first-order valence-corrected chi connectivity index (χ1v) is 9.00. The fourth-order valence-corrected chi connectivity index (χ4v) is 4.13. The van der Waals surface area contributed by atoms with Gasteiger partial charge in [0, 0.05) is 17.7 Å². The summed E-state index contributed by atoms with van der Waals surface area (Å²) in [6, 6.07) is 8.31. The van der Waals surface area contributed by atoms with Crippen LogP contribution >= 0.6 is 0 Å². The fraction of sp³-hybridized carbons (Fsp3) is 0.571. The molecule has 0 spiro atoms. The van der Waals surface area contributed by atoms with Gasteiger partial charge < -0.3 is 10.4 Å². The van der Waals surface area contributed by atoms with Crippen LogP contribution in [0.5, 0.6) is 0 Å². The van der Waals surface area contributed by atoms with E-state index in [0.29, 0.717) is 17.4 Å². The van der Waals surface area contributed by atoms with E-state index in [0.717, 1.165) is 24.8 Å². The maximum absolute atomic E-state index is 11.8. The van der Waals surface area contributed by atoms with Crippen molar-refractivity contribution in [2.75, 3.05) is 0 Å². The summed E-state index contributed by atoms with van der Waals surface area (Å²) < 4.78 is 0. The summed E-state index contributed by atoms with van der Waals surface area (Å²) in [5.41, 5.74) is 2.75. The summed E-state index contributed by atoms with van der Waals surface area (Å²) in [7, 11) is 0. The summed E-state index contributed by atoms with van der Waals surface area (Å²) in [4.78, 5) is 11.8. The second kappa shape index (κ2) is 7.42. The third-order valence-electron chi connectivity index (χ3n) is 4.83. The van der Waals surface area contributed by atoms with Crippen molar-refractivity contribution in [3.05, 3.63) is 47.2 Å². The van der Waals surface area contributed by atoms with Gasteiger partial charge in [-0.3, -0.25) is 0 Å². The van der Waals surface area contributed by atoms with Gasteiger partial charge in [-0.05, 0) is 43.6 Å². The van der Waals surface area contributed by atoms with Crippen molar-refractivity contribution in [2.24, 2.45) is 11.8 Å². The van der Waals surface area contributed by atoms with Gasteiger partial charge in [0.2, 0.25) is 0 Å². The molecule has 3 nitrogen and oxygen atoms in total. The summed E-state index contributed by atoms with van der Waals surface area (Å²) in [6.45, 7) is 11.0. The predicted octanol–water partition coefficient (Wildman–Crippen LogP) is 4.87. The Hall–Kier alpha value is -1.77. The SMILES string of the molecule is Cc1ccc(C2CC(CC(C)C)(CC(C)C)NC=C2C(=O)O)cc1. The highest BCUT2D eigenvalue weighted by atomic mass is 16.4. The Kier molecular flexibility index (Phi) is 5.74. The van der Waals surface area contributed by atoms with Crippen LogP contribution in [0.3, 0.4) is 0 Å². The maximum Gasteiger partial charge on any atom is 0.333 e. The zero-order valence-electron chi connectivity index (χ0n) is 15.6. The lowest BCUT2D eigenvalue weighted by atomic mass is 9.70. The lowest BCUT2D eigenvalue weighted by molar-refractivity contribution is -0.133. The quantitative estimate of drug-likeness (QED) is 0.782. The molecule has 0 aromatic heterocycles. The topological polar surface area (TPSA) is 49.3 Å². The van der Waals surface area contributed by atoms with Crippen LogP contribution in [0.4, 0.5) is 0 Å².